The normalized spacial score (nSPS) is 13.3. The van der Waals surface area contributed by atoms with Gasteiger partial charge in [0.1, 0.15) is 0 Å². The average Bonchev–Trinajstić information content (AvgIpc) is 2.50. The SMILES string of the molecule is CCOCCNC(=NC)NCC(c1ccccc1)C(C)C. The molecule has 2 N–H and O–H groups in total. The van der Waals surface area contributed by atoms with Gasteiger partial charge < -0.3 is 15.4 Å². The average molecular weight is 291 g/mol. The summed E-state index contributed by atoms with van der Waals surface area (Å²) in [6.45, 7) is 9.59. The van der Waals surface area contributed by atoms with Gasteiger partial charge in [-0.05, 0) is 18.4 Å². The lowest BCUT2D eigenvalue weighted by Crippen LogP contribution is -2.41. The fourth-order valence-electron chi connectivity index (χ4n) is 2.25. The first-order valence-electron chi connectivity index (χ1n) is 7.76. The molecular weight excluding hydrogens is 262 g/mol. The van der Waals surface area contributed by atoms with Gasteiger partial charge in [0, 0.05) is 32.7 Å². The number of ether oxygens (including phenoxy) is 1. The van der Waals surface area contributed by atoms with Gasteiger partial charge in [-0.1, -0.05) is 44.2 Å². The third-order valence-electron chi connectivity index (χ3n) is 3.49. The highest BCUT2D eigenvalue weighted by Crippen LogP contribution is 2.23. The summed E-state index contributed by atoms with van der Waals surface area (Å²) < 4.78 is 5.32. The monoisotopic (exact) mass is 291 g/mol. The van der Waals surface area contributed by atoms with Gasteiger partial charge in [-0.15, -0.1) is 0 Å². The molecule has 0 saturated heterocycles. The first-order valence-corrected chi connectivity index (χ1v) is 7.76. The molecule has 4 nitrogen and oxygen atoms in total. The molecule has 0 aromatic heterocycles. The number of guanidine groups is 1. The Labute approximate surface area is 129 Å². The van der Waals surface area contributed by atoms with E-state index < -0.39 is 0 Å². The zero-order chi connectivity index (χ0) is 15.5. The van der Waals surface area contributed by atoms with Crippen molar-refractivity contribution in [3.05, 3.63) is 35.9 Å². The number of nitrogens with one attached hydrogen (secondary N) is 2. The molecule has 0 spiro atoms. The van der Waals surface area contributed by atoms with E-state index in [0.717, 1.165) is 25.7 Å². The highest BCUT2D eigenvalue weighted by molar-refractivity contribution is 5.79. The highest BCUT2D eigenvalue weighted by Gasteiger charge is 2.15. The second-order valence-electron chi connectivity index (χ2n) is 5.34. The maximum Gasteiger partial charge on any atom is 0.191 e. The van der Waals surface area contributed by atoms with Crippen molar-refractivity contribution >= 4 is 5.96 Å². The van der Waals surface area contributed by atoms with Crippen LogP contribution in [0.3, 0.4) is 0 Å². The summed E-state index contributed by atoms with van der Waals surface area (Å²) in [6.07, 6.45) is 0. The number of benzene rings is 1. The molecule has 1 rings (SSSR count). The Morgan fingerprint density at radius 1 is 1.19 bits per heavy atom. The van der Waals surface area contributed by atoms with Gasteiger partial charge in [-0.2, -0.15) is 0 Å². The molecule has 0 amide bonds. The fourth-order valence-corrected chi connectivity index (χ4v) is 2.25. The van der Waals surface area contributed by atoms with Gasteiger partial charge in [0.2, 0.25) is 0 Å². The number of aliphatic imine (C=N–C) groups is 1. The number of hydrogen-bond acceptors (Lipinski definition) is 2. The second-order valence-corrected chi connectivity index (χ2v) is 5.34. The largest absolute Gasteiger partial charge is 0.380 e. The molecule has 0 saturated carbocycles. The number of rotatable bonds is 8. The van der Waals surface area contributed by atoms with Crippen LogP contribution in [0.2, 0.25) is 0 Å². The Morgan fingerprint density at radius 3 is 2.48 bits per heavy atom. The standard InChI is InChI=1S/C17H29N3O/c1-5-21-12-11-19-17(18-4)20-13-16(14(2)3)15-9-7-6-8-10-15/h6-10,14,16H,5,11-13H2,1-4H3,(H2,18,19,20). The summed E-state index contributed by atoms with van der Waals surface area (Å²) in [6, 6.07) is 10.6. The van der Waals surface area contributed by atoms with E-state index in [4.69, 9.17) is 4.74 Å². The van der Waals surface area contributed by atoms with Crippen molar-refractivity contribution in [3.63, 3.8) is 0 Å². The van der Waals surface area contributed by atoms with E-state index in [1.54, 1.807) is 7.05 Å². The van der Waals surface area contributed by atoms with Crippen LogP contribution < -0.4 is 10.6 Å². The van der Waals surface area contributed by atoms with Crippen LogP contribution in [0.4, 0.5) is 0 Å². The lowest BCUT2D eigenvalue weighted by atomic mass is 9.88. The summed E-state index contributed by atoms with van der Waals surface area (Å²) in [4.78, 5) is 4.25. The van der Waals surface area contributed by atoms with Crippen LogP contribution in [0.25, 0.3) is 0 Å². The van der Waals surface area contributed by atoms with Crippen molar-refractivity contribution < 1.29 is 4.74 Å². The molecule has 0 radical (unpaired) electrons. The van der Waals surface area contributed by atoms with Crippen molar-refractivity contribution in [3.8, 4) is 0 Å². The first kappa shape index (κ1) is 17.5. The Morgan fingerprint density at radius 2 is 1.90 bits per heavy atom. The predicted octanol–water partition coefficient (Wildman–Crippen LogP) is 2.63. The zero-order valence-electron chi connectivity index (χ0n) is 13.7. The maximum absolute atomic E-state index is 5.32. The summed E-state index contributed by atoms with van der Waals surface area (Å²) in [5.41, 5.74) is 1.37. The molecule has 21 heavy (non-hydrogen) atoms. The predicted molar refractivity (Wildman–Crippen MR) is 89.9 cm³/mol. The Kier molecular flexibility index (Phi) is 8.51. The maximum atomic E-state index is 5.32. The van der Waals surface area contributed by atoms with Crippen LogP contribution in [-0.2, 0) is 4.74 Å². The van der Waals surface area contributed by atoms with Crippen LogP contribution in [0.1, 0.15) is 32.3 Å². The molecule has 118 valence electrons. The number of hydrogen-bond donors (Lipinski definition) is 2. The van der Waals surface area contributed by atoms with Crippen molar-refractivity contribution in [1.29, 1.82) is 0 Å². The Hall–Kier alpha value is -1.55. The van der Waals surface area contributed by atoms with Gasteiger partial charge in [0.25, 0.3) is 0 Å². The van der Waals surface area contributed by atoms with Gasteiger partial charge in [0.05, 0.1) is 6.61 Å². The summed E-state index contributed by atoms with van der Waals surface area (Å²) in [5, 5.41) is 6.67. The smallest absolute Gasteiger partial charge is 0.191 e. The fraction of sp³-hybridized carbons (Fsp3) is 0.588. The van der Waals surface area contributed by atoms with Crippen molar-refractivity contribution in [2.75, 3.05) is 33.4 Å². The molecule has 4 heteroatoms. The van der Waals surface area contributed by atoms with Gasteiger partial charge in [0.15, 0.2) is 5.96 Å². The summed E-state index contributed by atoms with van der Waals surface area (Å²) in [5.74, 6) is 1.87. The van der Waals surface area contributed by atoms with E-state index in [0.29, 0.717) is 18.4 Å². The van der Waals surface area contributed by atoms with Gasteiger partial charge in [-0.25, -0.2) is 0 Å². The van der Waals surface area contributed by atoms with E-state index in [1.807, 2.05) is 6.92 Å². The van der Waals surface area contributed by atoms with Gasteiger partial charge in [-0.3, -0.25) is 4.99 Å². The van der Waals surface area contributed by atoms with Crippen molar-refractivity contribution in [1.82, 2.24) is 10.6 Å². The molecule has 0 aliphatic carbocycles. The second kappa shape index (κ2) is 10.2. The van der Waals surface area contributed by atoms with Crippen LogP contribution >= 0.6 is 0 Å². The molecule has 0 aliphatic rings. The molecule has 1 atom stereocenters. The minimum Gasteiger partial charge on any atom is -0.380 e. The van der Waals surface area contributed by atoms with Crippen LogP contribution in [-0.4, -0.2) is 39.3 Å². The van der Waals surface area contributed by atoms with E-state index in [9.17, 15) is 0 Å². The molecular formula is C17H29N3O. The lowest BCUT2D eigenvalue weighted by Gasteiger charge is -2.23. The van der Waals surface area contributed by atoms with E-state index in [-0.39, 0.29) is 0 Å². The Bertz CT molecular complexity index is 404. The molecule has 1 aromatic carbocycles. The zero-order valence-corrected chi connectivity index (χ0v) is 13.7. The first-order chi connectivity index (χ1) is 10.2. The van der Waals surface area contributed by atoms with E-state index in [2.05, 4.69) is 59.8 Å². The molecule has 1 unspecified atom stereocenters. The minimum absolute atomic E-state index is 0.469. The van der Waals surface area contributed by atoms with Gasteiger partial charge >= 0.3 is 0 Å². The third kappa shape index (κ3) is 6.63. The Balaban J connectivity index is 2.49. The summed E-state index contributed by atoms with van der Waals surface area (Å²) >= 11 is 0. The number of nitrogens with zero attached hydrogens (tertiary/aromatic N) is 1. The molecule has 0 heterocycles. The topological polar surface area (TPSA) is 45.6 Å². The highest BCUT2D eigenvalue weighted by atomic mass is 16.5. The van der Waals surface area contributed by atoms with E-state index >= 15 is 0 Å². The van der Waals surface area contributed by atoms with Crippen molar-refractivity contribution in [2.24, 2.45) is 10.9 Å². The minimum atomic E-state index is 0.469. The molecule has 0 aliphatic heterocycles. The third-order valence-corrected chi connectivity index (χ3v) is 3.49. The molecule has 0 bridgehead atoms. The van der Waals surface area contributed by atoms with E-state index in [1.165, 1.54) is 5.56 Å². The van der Waals surface area contributed by atoms with Crippen LogP contribution in [0.5, 0.6) is 0 Å². The quantitative estimate of drug-likeness (QED) is 0.440. The summed E-state index contributed by atoms with van der Waals surface area (Å²) in [7, 11) is 1.79. The molecule has 0 fully saturated rings. The lowest BCUT2D eigenvalue weighted by molar-refractivity contribution is 0.152. The van der Waals surface area contributed by atoms with Crippen LogP contribution in [0.15, 0.2) is 35.3 Å². The van der Waals surface area contributed by atoms with Crippen LogP contribution in [0, 0.1) is 5.92 Å². The molecule has 1 aromatic rings. The van der Waals surface area contributed by atoms with Crippen molar-refractivity contribution in [2.45, 2.75) is 26.7 Å².